The highest BCUT2D eigenvalue weighted by Crippen LogP contribution is 2.14. The zero-order valence-corrected chi connectivity index (χ0v) is 11.0. The molecule has 6 nitrogen and oxygen atoms in total. The first-order chi connectivity index (χ1) is 8.81. The van der Waals surface area contributed by atoms with Crippen LogP contribution in [0.2, 0.25) is 0 Å². The molecule has 0 spiro atoms. The molecule has 18 heavy (non-hydrogen) atoms. The van der Waals surface area contributed by atoms with Gasteiger partial charge in [0.25, 0.3) is 0 Å². The van der Waals surface area contributed by atoms with Crippen molar-refractivity contribution in [3.05, 3.63) is 5.69 Å². The summed E-state index contributed by atoms with van der Waals surface area (Å²) < 4.78 is 13.0. The fourth-order valence-corrected chi connectivity index (χ4v) is 2.13. The number of nitrogens with zero attached hydrogens (tertiary/aromatic N) is 3. The maximum Gasteiger partial charge on any atom is 0.169 e. The van der Waals surface area contributed by atoms with E-state index < -0.39 is 0 Å². The summed E-state index contributed by atoms with van der Waals surface area (Å²) in [4.78, 5) is 0. The highest BCUT2D eigenvalue weighted by Gasteiger charge is 2.14. The monoisotopic (exact) mass is 254 g/mol. The molecule has 0 bridgehead atoms. The van der Waals surface area contributed by atoms with E-state index in [2.05, 4.69) is 17.2 Å². The Bertz CT molecular complexity index is 361. The van der Waals surface area contributed by atoms with E-state index in [1.807, 2.05) is 4.68 Å². The van der Waals surface area contributed by atoms with E-state index >= 15 is 0 Å². The highest BCUT2D eigenvalue weighted by molar-refractivity contribution is 5.32. The van der Waals surface area contributed by atoms with Gasteiger partial charge in [0.05, 0.1) is 18.8 Å². The van der Waals surface area contributed by atoms with Gasteiger partial charge in [0.15, 0.2) is 12.1 Å². The third-order valence-corrected chi connectivity index (χ3v) is 3.10. The molecular weight excluding hydrogens is 232 g/mol. The van der Waals surface area contributed by atoms with E-state index in [9.17, 15) is 0 Å². The number of hydrogen-bond donors (Lipinski definition) is 1. The van der Waals surface area contributed by atoms with Crippen LogP contribution in [0.1, 0.15) is 38.3 Å². The van der Waals surface area contributed by atoms with Gasteiger partial charge in [0, 0.05) is 6.61 Å². The van der Waals surface area contributed by atoms with E-state index in [4.69, 9.17) is 15.2 Å². The van der Waals surface area contributed by atoms with Gasteiger partial charge in [-0.1, -0.05) is 18.6 Å². The van der Waals surface area contributed by atoms with Crippen molar-refractivity contribution >= 4 is 5.82 Å². The number of nitrogen functional groups attached to an aromatic ring is 1. The van der Waals surface area contributed by atoms with Crippen LogP contribution in [-0.4, -0.2) is 34.5 Å². The summed E-state index contributed by atoms with van der Waals surface area (Å²) >= 11 is 0. The average molecular weight is 254 g/mol. The maximum absolute atomic E-state index is 5.78. The van der Waals surface area contributed by atoms with Crippen LogP contribution in [0.5, 0.6) is 0 Å². The van der Waals surface area contributed by atoms with Gasteiger partial charge in [-0.05, 0) is 25.7 Å². The van der Waals surface area contributed by atoms with E-state index in [1.54, 1.807) is 0 Å². The molecule has 1 aliphatic rings. The summed E-state index contributed by atoms with van der Waals surface area (Å²) in [6.45, 7) is 4.19. The van der Waals surface area contributed by atoms with Gasteiger partial charge in [0.2, 0.25) is 0 Å². The molecule has 2 rings (SSSR count). The molecule has 1 unspecified atom stereocenters. The van der Waals surface area contributed by atoms with Crippen LogP contribution in [0, 0.1) is 0 Å². The van der Waals surface area contributed by atoms with Crippen LogP contribution < -0.4 is 5.73 Å². The third-order valence-electron chi connectivity index (χ3n) is 3.10. The zero-order chi connectivity index (χ0) is 12.8. The number of rotatable bonds is 6. The first-order valence-corrected chi connectivity index (χ1v) is 6.72. The minimum atomic E-state index is -0.0470. The van der Waals surface area contributed by atoms with Gasteiger partial charge in [-0.15, -0.1) is 5.10 Å². The Hall–Kier alpha value is -1.14. The van der Waals surface area contributed by atoms with Crippen molar-refractivity contribution in [2.75, 3.05) is 18.9 Å². The molecule has 0 radical (unpaired) electrons. The lowest BCUT2D eigenvalue weighted by atomic mass is 10.2. The smallest absolute Gasteiger partial charge is 0.169 e. The molecule has 1 atom stereocenters. The number of aromatic nitrogens is 3. The van der Waals surface area contributed by atoms with E-state index in [-0.39, 0.29) is 6.29 Å². The number of anilines is 1. The van der Waals surface area contributed by atoms with Crippen LogP contribution in [0.4, 0.5) is 5.82 Å². The molecule has 6 heteroatoms. The first kappa shape index (κ1) is 13.3. The molecule has 1 aliphatic heterocycles. The van der Waals surface area contributed by atoms with Crippen LogP contribution in [0.25, 0.3) is 0 Å². The largest absolute Gasteiger partial charge is 0.381 e. The van der Waals surface area contributed by atoms with Crippen LogP contribution in [0.3, 0.4) is 0 Å². The Morgan fingerprint density at radius 1 is 1.50 bits per heavy atom. The van der Waals surface area contributed by atoms with Crippen molar-refractivity contribution in [3.8, 4) is 0 Å². The van der Waals surface area contributed by atoms with Gasteiger partial charge in [-0.2, -0.15) is 0 Å². The average Bonchev–Trinajstić information content (AvgIpc) is 2.73. The normalized spacial score (nSPS) is 20.2. The molecule has 0 amide bonds. The van der Waals surface area contributed by atoms with E-state index in [0.29, 0.717) is 19.0 Å². The molecule has 0 aliphatic carbocycles. The van der Waals surface area contributed by atoms with Crippen molar-refractivity contribution < 1.29 is 9.47 Å². The highest BCUT2D eigenvalue weighted by atomic mass is 16.7. The summed E-state index contributed by atoms with van der Waals surface area (Å²) in [7, 11) is 0. The quantitative estimate of drug-likeness (QED) is 0.829. The number of nitrogens with two attached hydrogens (primary N) is 1. The summed E-state index contributed by atoms with van der Waals surface area (Å²) in [6.07, 6.45) is 5.20. The molecule has 1 saturated heterocycles. The van der Waals surface area contributed by atoms with Crippen LogP contribution >= 0.6 is 0 Å². The SMILES string of the molecule is CCCc1c(N)nnn1CCOC1CCCCO1. The maximum atomic E-state index is 5.78. The van der Waals surface area contributed by atoms with Crippen LogP contribution in [0.15, 0.2) is 0 Å². The lowest BCUT2D eigenvalue weighted by Crippen LogP contribution is -2.24. The molecule has 1 aromatic rings. The Balaban J connectivity index is 1.78. The second-order valence-corrected chi connectivity index (χ2v) is 4.56. The predicted molar refractivity (Wildman–Crippen MR) is 68.0 cm³/mol. The Morgan fingerprint density at radius 3 is 3.11 bits per heavy atom. The molecule has 1 aromatic heterocycles. The molecule has 0 aromatic carbocycles. The summed E-state index contributed by atoms with van der Waals surface area (Å²) in [5.41, 5.74) is 6.79. The lowest BCUT2D eigenvalue weighted by molar-refractivity contribution is -0.163. The van der Waals surface area contributed by atoms with Gasteiger partial charge >= 0.3 is 0 Å². The second-order valence-electron chi connectivity index (χ2n) is 4.56. The second kappa shape index (κ2) is 6.70. The van der Waals surface area contributed by atoms with Crippen molar-refractivity contribution in [1.29, 1.82) is 0 Å². The lowest BCUT2D eigenvalue weighted by Gasteiger charge is -2.22. The van der Waals surface area contributed by atoms with Crippen LogP contribution in [-0.2, 0) is 22.4 Å². The van der Waals surface area contributed by atoms with Crippen molar-refractivity contribution in [3.63, 3.8) is 0 Å². The summed E-state index contributed by atoms with van der Waals surface area (Å²) in [5.74, 6) is 0.533. The minimum absolute atomic E-state index is 0.0470. The van der Waals surface area contributed by atoms with Gasteiger partial charge in [0.1, 0.15) is 0 Å². The van der Waals surface area contributed by atoms with Gasteiger partial charge in [-0.25, -0.2) is 4.68 Å². The van der Waals surface area contributed by atoms with Crippen molar-refractivity contribution in [1.82, 2.24) is 15.0 Å². The van der Waals surface area contributed by atoms with E-state index in [0.717, 1.165) is 38.0 Å². The molecule has 0 saturated carbocycles. The fraction of sp³-hybridized carbons (Fsp3) is 0.833. The molecule has 2 heterocycles. The van der Waals surface area contributed by atoms with Crippen molar-refractivity contribution in [2.45, 2.75) is 51.9 Å². The number of ether oxygens (including phenoxy) is 2. The topological polar surface area (TPSA) is 75.2 Å². The molecule has 1 fully saturated rings. The standard InChI is InChI=1S/C12H22N4O2/c1-2-5-10-12(13)14-15-16(10)7-9-18-11-6-3-4-8-17-11/h11H,2-9,13H2,1H3. The van der Waals surface area contributed by atoms with E-state index in [1.165, 1.54) is 6.42 Å². The first-order valence-electron chi connectivity index (χ1n) is 6.72. The summed E-state index contributed by atoms with van der Waals surface area (Å²) in [5, 5.41) is 7.94. The summed E-state index contributed by atoms with van der Waals surface area (Å²) in [6, 6.07) is 0. The third kappa shape index (κ3) is 3.43. The molecule has 102 valence electrons. The van der Waals surface area contributed by atoms with Gasteiger partial charge in [-0.3, -0.25) is 0 Å². The Labute approximate surface area is 107 Å². The molecule has 2 N–H and O–H groups in total. The Morgan fingerprint density at radius 2 is 2.39 bits per heavy atom. The number of hydrogen-bond acceptors (Lipinski definition) is 5. The minimum Gasteiger partial charge on any atom is -0.381 e. The molecular formula is C12H22N4O2. The van der Waals surface area contributed by atoms with Gasteiger partial charge < -0.3 is 15.2 Å². The predicted octanol–water partition coefficient (Wildman–Crippen LogP) is 1.36. The zero-order valence-electron chi connectivity index (χ0n) is 11.0. The van der Waals surface area contributed by atoms with Crippen molar-refractivity contribution in [2.24, 2.45) is 0 Å². The Kier molecular flexibility index (Phi) is 4.95. The fourth-order valence-electron chi connectivity index (χ4n) is 2.13.